The number of nitrogens with zero attached hydrogens (tertiary/aromatic N) is 1. The van der Waals surface area contributed by atoms with Gasteiger partial charge < -0.3 is 19.5 Å². The van der Waals surface area contributed by atoms with Crippen LogP contribution in [0.15, 0.2) is 65.6 Å². The van der Waals surface area contributed by atoms with Gasteiger partial charge in [-0.3, -0.25) is 4.79 Å². The molecule has 27 heavy (non-hydrogen) atoms. The van der Waals surface area contributed by atoms with Crippen molar-refractivity contribution in [3.05, 3.63) is 92.9 Å². The molecule has 3 rings (SSSR count). The molecular weight excluding hydrogens is 366 g/mol. The third kappa shape index (κ3) is 4.70. The number of aromatic nitrogens is 1. The predicted molar refractivity (Wildman–Crippen MR) is 104 cm³/mol. The molecule has 0 atom stereocenters. The summed E-state index contributed by atoms with van der Waals surface area (Å²) in [6.45, 7) is 0.0881. The second-order valence-electron chi connectivity index (χ2n) is 6.13. The summed E-state index contributed by atoms with van der Waals surface area (Å²) in [7, 11) is 0. The lowest BCUT2D eigenvalue weighted by Crippen LogP contribution is -2.24. The van der Waals surface area contributed by atoms with Crippen molar-refractivity contribution in [3.8, 4) is 11.5 Å². The second-order valence-corrected chi connectivity index (χ2v) is 6.57. The van der Waals surface area contributed by atoms with Crippen LogP contribution in [0.4, 0.5) is 0 Å². The summed E-state index contributed by atoms with van der Waals surface area (Å²) >= 11 is 5.92. The molecule has 3 aromatic rings. The summed E-state index contributed by atoms with van der Waals surface area (Å²) in [5, 5.41) is 20.5. The number of rotatable bonds is 7. The molecule has 0 saturated heterocycles. The van der Waals surface area contributed by atoms with E-state index in [1.54, 1.807) is 18.3 Å². The van der Waals surface area contributed by atoms with E-state index in [1.165, 1.54) is 4.57 Å². The highest BCUT2D eigenvalue weighted by molar-refractivity contribution is 6.30. The number of ether oxygens (including phenoxy) is 1. The van der Waals surface area contributed by atoms with Crippen LogP contribution in [0.25, 0.3) is 0 Å². The highest BCUT2D eigenvalue weighted by atomic mass is 35.5. The average molecular weight is 386 g/mol. The zero-order valence-corrected chi connectivity index (χ0v) is 15.4. The molecular formula is C21H20ClNO4. The SMILES string of the molecule is O=c1c(OCc2ccccc2)c(O)c(Cc2ccc(Cl)cc2)cn1CCO. The monoisotopic (exact) mass is 385 g/mol. The minimum absolute atomic E-state index is 0.112. The number of hydrogen-bond acceptors (Lipinski definition) is 4. The summed E-state index contributed by atoms with van der Waals surface area (Å²) in [6.07, 6.45) is 1.95. The fraction of sp³-hybridized carbons (Fsp3) is 0.190. The minimum atomic E-state index is -0.475. The molecule has 2 N–H and O–H groups in total. The van der Waals surface area contributed by atoms with E-state index in [4.69, 9.17) is 16.3 Å². The van der Waals surface area contributed by atoms with Gasteiger partial charge in [0.15, 0.2) is 5.75 Å². The van der Waals surface area contributed by atoms with Crippen LogP contribution in [0, 0.1) is 0 Å². The van der Waals surface area contributed by atoms with Gasteiger partial charge >= 0.3 is 0 Å². The largest absolute Gasteiger partial charge is 0.504 e. The molecule has 0 unspecified atom stereocenters. The molecule has 2 aromatic carbocycles. The summed E-state index contributed by atoms with van der Waals surface area (Å²) < 4.78 is 7.00. The van der Waals surface area contributed by atoms with Crippen molar-refractivity contribution in [2.45, 2.75) is 19.6 Å². The fourth-order valence-corrected chi connectivity index (χ4v) is 2.90. The zero-order valence-electron chi connectivity index (χ0n) is 14.6. The molecule has 0 amide bonds. The highest BCUT2D eigenvalue weighted by Gasteiger charge is 2.17. The molecule has 0 spiro atoms. The van der Waals surface area contributed by atoms with Gasteiger partial charge in [-0.15, -0.1) is 0 Å². The zero-order chi connectivity index (χ0) is 19.2. The van der Waals surface area contributed by atoms with Crippen LogP contribution in [-0.4, -0.2) is 21.4 Å². The van der Waals surface area contributed by atoms with Crippen molar-refractivity contribution in [2.24, 2.45) is 0 Å². The molecule has 1 aromatic heterocycles. The first kappa shape index (κ1) is 19.0. The number of halogens is 1. The van der Waals surface area contributed by atoms with Crippen molar-refractivity contribution < 1.29 is 14.9 Å². The van der Waals surface area contributed by atoms with E-state index in [0.717, 1.165) is 11.1 Å². The fourth-order valence-electron chi connectivity index (χ4n) is 2.77. The third-order valence-corrected chi connectivity index (χ3v) is 4.41. The van der Waals surface area contributed by atoms with Crippen molar-refractivity contribution in [2.75, 3.05) is 6.61 Å². The van der Waals surface area contributed by atoms with E-state index >= 15 is 0 Å². The van der Waals surface area contributed by atoms with Crippen LogP contribution in [0.3, 0.4) is 0 Å². The molecule has 0 aliphatic carbocycles. The molecule has 5 nitrogen and oxygen atoms in total. The van der Waals surface area contributed by atoms with Crippen molar-refractivity contribution in [3.63, 3.8) is 0 Å². The lowest BCUT2D eigenvalue weighted by molar-refractivity contribution is 0.261. The van der Waals surface area contributed by atoms with Crippen LogP contribution in [-0.2, 0) is 19.6 Å². The molecule has 0 saturated carbocycles. The van der Waals surface area contributed by atoms with Gasteiger partial charge in [-0.2, -0.15) is 0 Å². The number of aromatic hydroxyl groups is 1. The second kappa shape index (κ2) is 8.75. The Morgan fingerprint density at radius 3 is 2.37 bits per heavy atom. The van der Waals surface area contributed by atoms with Crippen LogP contribution in [0.5, 0.6) is 11.5 Å². The lowest BCUT2D eigenvalue weighted by atomic mass is 10.1. The van der Waals surface area contributed by atoms with Crippen molar-refractivity contribution in [1.29, 1.82) is 0 Å². The normalized spacial score (nSPS) is 10.7. The smallest absolute Gasteiger partial charge is 0.296 e. The topological polar surface area (TPSA) is 71.7 Å². The van der Waals surface area contributed by atoms with E-state index < -0.39 is 5.56 Å². The van der Waals surface area contributed by atoms with Gasteiger partial charge in [0, 0.05) is 29.7 Å². The van der Waals surface area contributed by atoms with E-state index in [1.807, 2.05) is 42.5 Å². The first-order valence-corrected chi connectivity index (χ1v) is 8.93. The molecule has 0 radical (unpaired) electrons. The summed E-state index contributed by atoms with van der Waals surface area (Å²) in [5.74, 6) is -0.293. The number of benzene rings is 2. The Balaban J connectivity index is 1.94. The van der Waals surface area contributed by atoms with Gasteiger partial charge in [-0.05, 0) is 23.3 Å². The van der Waals surface area contributed by atoms with Gasteiger partial charge in [0.25, 0.3) is 5.56 Å². The quantitative estimate of drug-likeness (QED) is 0.654. The van der Waals surface area contributed by atoms with Crippen LogP contribution in [0.2, 0.25) is 5.02 Å². The van der Waals surface area contributed by atoms with E-state index in [2.05, 4.69) is 0 Å². The number of aliphatic hydroxyl groups excluding tert-OH is 1. The van der Waals surface area contributed by atoms with Crippen LogP contribution < -0.4 is 10.3 Å². The standard InChI is InChI=1S/C21H20ClNO4/c22-18-8-6-15(7-9-18)12-17-13-23(10-11-24)21(26)20(19(17)25)27-14-16-4-2-1-3-5-16/h1-9,13,24-25H,10-12,14H2. The summed E-state index contributed by atoms with van der Waals surface area (Å²) in [5.41, 5.74) is 1.87. The van der Waals surface area contributed by atoms with E-state index in [9.17, 15) is 15.0 Å². The Morgan fingerprint density at radius 2 is 1.70 bits per heavy atom. The van der Waals surface area contributed by atoms with Gasteiger partial charge in [0.1, 0.15) is 6.61 Å². The molecule has 1 heterocycles. The molecule has 0 fully saturated rings. The highest BCUT2D eigenvalue weighted by Crippen LogP contribution is 2.29. The molecule has 0 aliphatic heterocycles. The third-order valence-electron chi connectivity index (χ3n) is 4.16. The maximum atomic E-state index is 12.6. The maximum absolute atomic E-state index is 12.6. The van der Waals surface area contributed by atoms with Gasteiger partial charge in [-0.1, -0.05) is 54.1 Å². The van der Waals surface area contributed by atoms with E-state index in [0.29, 0.717) is 17.0 Å². The molecule has 0 aliphatic rings. The first-order valence-electron chi connectivity index (χ1n) is 8.56. The summed E-state index contributed by atoms with van der Waals surface area (Å²) in [4.78, 5) is 12.6. The van der Waals surface area contributed by atoms with Gasteiger partial charge in [0.05, 0.1) is 6.61 Å². The number of pyridine rings is 1. The van der Waals surface area contributed by atoms with Crippen molar-refractivity contribution in [1.82, 2.24) is 4.57 Å². The van der Waals surface area contributed by atoms with Crippen LogP contribution >= 0.6 is 11.6 Å². The maximum Gasteiger partial charge on any atom is 0.296 e. The Labute approximate surface area is 162 Å². The lowest BCUT2D eigenvalue weighted by Gasteiger charge is -2.15. The Bertz CT molecular complexity index is 952. The molecule has 0 bridgehead atoms. The molecule has 140 valence electrons. The number of aliphatic hydroxyl groups is 1. The Kier molecular flexibility index (Phi) is 6.16. The first-order chi connectivity index (χ1) is 13.1. The van der Waals surface area contributed by atoms with Crippen LogP contribution in [0.1, 0.15) is 16.7 Å². The summed E-state index contributed by atoms with van der Waals surface area (Å²) in [6, 6.07) is 16.6. The average Bonchev–Trinajstić information content (AvgIpc) is 2.68. The van der Waals surface area contributed by atoms with Crippen molar-refractivity contribution >= 4 is 11.6 Å². The predicted octanol–water partition coefficient (Wildman–Crippen LogP) is 3.37. The van der Waals surface area contributed by atoms with Gasteiger partial charge in [0.2, 0.25) is 5.75 Å². The Morgan fingerprint density at radius 1 is 1.00 bits per heavy atom. The van der Waals surface area contributed by atoms with E-state index in [-0.39, 0.29) is 31.3 Å². The minimum Gasteiger partial charge on any atom is -0.504 e. The molecule has 6 heteroatoms. The number of hydrogen-bond donors (Lipinski definition) is 2. The van der Waals surface area contributed by atoms with Gasteiger partial charge in [-0.25, -0.2) is 0 Å². The Hall–Kier alpha value is -2.76.